The number of hydrogen-bond donors (Lipinski definition) is 1. The van der Waals surface area contributed by atoms with E-state index < -0.39 is 5.82 Å². The Morgan fingerprint density at radius 1 is 1.13 bits per heavy atom. The average molecular weight is 413 g/mol. The third-order valence-electron chi connectivity index (χ3n) is 6.06. The first kappa shape index (κ1) is 20.5. The van der Waals surface area contributed by atoms with Crippen LogP contribution in [0.1, 0.15) is 36.0 Å². The number of benzene rings is 1. The van der Waals surface area contributed by atoms with E-state index in [0.717, 1.165) is 39.0 Å². The molecule has 0 atom stereocenters. The summed E-state index contributed by atoms with van der Waals surface area (Å²) >= 11 is 0. The highest BCUT2D eigenvalue weighted by Crippen LogP contribution is 2.26. The molecular formula is C22H28FN5O2. The fourth-order valence-electron chi connectivity index (χ4n) is 4.30. The molecule has 0 unspecified atom stereocenters. The number of nitrogens with zero attached hydrogens (tertiary/aromatic N) is 4. The van der Waals surface area contributed by atoms with Gasteiger partial charge in [-0.2, -0.15) is 5.10 Å². The Morgan fingerprint density at radius 2 is 1.90 bits per heavy atom. The lowest BCUT2D eigenvalue weighted by atomic mass is 10.1. The van der Waals surface area contributed by atoms with Crippen molar-refractivity contribution in [3.63, 3.8) is 0 Å². The van der Waals surface area contributed by atoms with Crippen LogP contribution in [0, 0.1) is 11.7 Å². The lowest BCUT2D eigenvalue weighted by Crippen LogP contribution is -2.51. The van der Waals surface area contributed by atoms with Crippen molar-refractivity contribution in [2.24, 2.45) is 5.92 Å². The molecule has 8 heteroatoms. The second kappa shape index (κ2) is 9.38. The number of hydrogen-bond acceptors (Lipinski definition) is 4. The molecule has 0 radical (unpaired) electrons. The molecule has 7 nitrogen and oxygen atoms in total. The molecule has 2 aromatic rings. The maximum atomic E-state index is 14.3. The quantitative estimate of drug-likeness (QED) is 0.787. The topological polar surface area (TPSA) is 70.5 Å². The molecule has 4 rings (SSSR count). The Kier molecular flexibility index (Phi) is 6.42. The van der Waals surface area contributed by atoms with E-state index in [2.05, 4.69) is 15.3 Å². The number of rotatable bonds is 6. The molecule has 1 saturated carbocycles. The number of nitrogens with one attached hydrogen (secondary N) is 1. The van der Waals surface area contributed by atoms with Crippen molar-refractivity contribution >= 4 is 11.8 Å². The Balaban J connectivity index is 1.21. The molecule has 2 heterocycles. The second-order valence-electron chi connectivity index (χ2n) is 8.02. The summed E-state index contributed by atoms with van der Waals surface area (Å²) in [6.45, 7) is 4.35. The molecule has 0 spiro atoms. The van der Waals surface area contributed by atoms with Crippen LogP contribution in [0.2, 0.25) is 0 Å². The van der Waals surface area contributed by atoms with Gasteiger partial charge in [-0.05, 0) is 37.1 Å². The fourth-order valence-corrected chi connectivity index (χ4v) is 4.30. The monoisotopic (exact) mass is 413 g/mol. The minimum absolute atomic E-state index is 0.232. The van der Waals surface area contributed by atoms with Gasteiger partial charge in [-0.25, -0.2) is 9.07 Å². The number of piperazine rings is 1. The summed E-state index contributed by atoms with van der Waals surface area (Å²) in [7, 11) is 0. The summed E-state index contributed by atoms with van der Waals surface area (Å²) in [4.78, 5) is 29.1. The molecule has 1 aliphatic heterocycles. The summed E-state index contributed by atoms with van der Waals surface area (Å²) in [5.74, 6) is -0.234. The van der Waals surface area contributed by atoms with E-state index in [9.17, 15) is 14.0 Å². The molecule has 2 aliphatic rings. The number of carbonyl (C=O) groups is 2. The first-order chi connectivity index (χ1) is 14.6. The van der Waals surface area contributed by atoms with Gasteiger partial charge in [0.1, 0.15) is 11.5 Å². The minimum atomic E-state index is -0.491. The van der Waals surface area contributed by atoms with Gasteiger partial charge in [-0.1, -0.05) is 12.8 Å². The lowest BCUT2D eigenvalue weighted by molar-refractivity contribution is -0.137. The van der Waals surface area contributed by atoms with Crippen molar-refractivity contribution < 1.29 is 14.0 Å². The van der Waals surface area contributed by atoms with Crippen LogP contribution in [0.25, 0.3) is 5.69 Å². The van der Waals surface area contributed by atoms with Gasteiger partial charge < -0.3 is 10.2 Å². The third kappa shape index (κ3) is 4.70. The van der Waals surface area contributed by atoms with Crippen LogP contribution in [0.3, 0.4) is 0 Å². The van der Waals surface area contributed by atoms with Crippen LogP contribution in [-0.4, -0.2) is 70.7 Å². The van der Waals surface area contributed by atoms with Crippen LogP contribution >= 0.6 is 0 Å². The van der Waals surface area contributed by atoms with E-state index in [4.69, 9.17) is 0 Å². The molecule has 160 valence electrons. The summed E-state index contributed by atoms with van der Waals surface area (Å²) in [6.07, 6.45) is 7.64. The molecule has 1 aliphatic carbocycles. The number of halogens is 1. The molecule has 2 amide bonds. The van der Waals surface area contributed by atoms with Crippen molar-refractivity contribution in [3.05, 3.63) is 48.0 Å². The maximum absolute atomic E-state index is 14.3. The van der Waals surface area contributed by atoms with Crippen LogP contribution in [0.15, 0.2) is 36.7 Å². The van der Waals surface area contributed by atoms with Gasteiger partial charge in [-0.15, -0.1) is 0 Å². The van der Waals surface area contributed by atoms with Crippen molar-refractivity contribution in [1.29, 1.82) is 0 Å². The van der Waals surface area contributed by atoms with Crippen LogP contribution in [-0.2, 0) is 4.79 Å². The summed E-state index contributed by atoms with van der Waals surface area (Å²) in [5.41, 5.74) is 0.594. The van der Waals surface area contributed by atoms with E-state index in [0.29, 0.717) is 24.7 Å². The number of aromatic nitrogens is 2. The molecule has 1 saturated heterocycles. The molecule has 1 aromatic heterocycles. The third-order valence-corrected chi connectivity index (χ3v) is 6.06. The van der Waals surface area contributed by atoms with Gasteiger partial charge in [0.05, 0.1) is 0 Å². The number of carbonyl (C=O) groups excluding carboxylic acids is 2. The Bertz CT molecular complexity index is 872. The predicted molar refractivity (Wildman–Crippen MR) is 111 cm³/mol. The van der Waals surface area contributed by atoms with Gasteiger partial charge in [0.25, 0.3) is 5.91 Å². The zero-order chi connectivity index (χ0) is 20.9. The van der Waals surface area contributed by atoms with Crippen molar-refractivity contribution in [2.75, 3.05) is 39.3 Å². The molecule has 1 aromatic carbocycles. The lowest BCUT2D eigenvalue weighted by Gasteiger charge is -2.36. The standard InChI is InChI=1S/C22H28FN5O2/c23-19-16-18(6-7-20(19)28-10-3-8-25-28)21(29)24-9-11-26-12-14-27(15-13-26)22(30)17-4-1-2-5-17/h3,6-8,10,16-17H,1-2,4-5,9,11-15H2,(H,24,29). The highest BCUT2D eigenvalue weighted by atomic mass is 19.1. The molecule has 0 bridgehead atoms. The highest BCUT2D eigenvalue weighted by Gasteiger charge is 2.29. The van der Waals surface area contributed by atoms with Crippen LogP contribution in [0.4, 0.5) is 4.39 Å². The summed E-state index contributed by atoms with van der Waals surface area (Å²) in [5, 5.41) is 6.86. The van der Waals surface area contributed by atoms with Gasteiger partial charge in [0, 0.05) is 63.1 Å². The Morgan fingerprint density at radius 3 is 2.57 bits per heavy atom. The average Bonchev–Trinajstić information content (AvgIpc) is 3.48. The van der Waals surface area contributed by atoms with E-state index >= 15 is 0 Å². The largest absolute Gasteiger partial charge is 0.351 e. The summed E-state index contributed by atoms with van der Waals surface area (Å²) < 4.78 is 15.7. The normalized spacial score (nSPS) is 18.0. The van der Waals surface area contributed by atoms with Crippen LogP contribution < -0.4 is 5.32 Å². The maximum Gasteiger partial charge on any atom is 0.251 e. The zero-order valence-corrected chi connectivity index (χ0v) is 17.1. The Labute approximate surface area is 175 Å². The van der Waals surface area contributed by atoms with Crippen molar-refractivity contribution in [1.82, 2.24) is 24.9 Å². The molecular weight excluding hydrogens is 385 g/mol. The minimum Gasteiger partial charge on any atom is -0.351 e. The summed E-state index contributed by atoms with van der Waals surface area (Å²) in [6, 6.07) is 6.10. The first-order valence-electron chi connectivity index (χ1n) is 10.7. The zero-order valence-electron chi connectivity index (χ0n) is 17.1. The smallest absolute Gasteiger partial charge is 0.251 e. The van der Waals surface area contributed by atoms with Gasteiger partial charge in [-0.3, -0.25) is 14.5 Å². The molecule has 30 heavy (non-hydrogen) atoms. The van der Waals surface area contributed by atoms with Gasteiger partial charge >= 0.3 is 0 Å². The van der Waals surface area contributed by atoms with E-state index in [1.165, 1.54) is 23.6 Å². The van der Waals surface area contributed by atoms with Crippen LogP contribution in [0.5, 0.6) is 0 Å². The van der Waals surface area contributed by atoms with E-state index in [1.54, 1.807) is 30.6 Å². The molecule has 1 N–H and O–H groups in total. The second-order valence-corrected chi connectivity index (χ2v) is 8.02. The van der Waals surface area contributed by atoms with E-state index in [-0.39, 0.29) is 17.4 Å². The molecule has 2 fully saturated rings. The fraction of sp³-hybridized carbons (Fsp3) is 0.500. The van der Waals surface area contributed by atoms with Gasteiger partial charge in [0.2, 0.25) is 5.91 Å². The van der Waals surface area contributed by atoms with Gasteiger partial charge in [0.15, 0.2) is 0 Å². The Hall–Kier alpha value is -2.74. The number of amides is 2. The predicted octanol–water partition coefficient (Wildman–Crippen LogP) is 2.08. The van der Waals surface area contributed by atoms with Crippen molar-refractivity contribution in [2.45, 2.75) is 25.7 Å². The first-order valence-corrected chi connectivity index (χ1v) is 10.7. The SMILES string of the molecule is O=C(NCCN1CCN(C(=O)C2CCCC2)CC1)c1ccc(-n2cccn2)c(F)c1. The highest BCUT2D eigenvalue weighted by molar-refractivity contribution is 5.94. The van der Waals surface area contributed by atoms with E-state index in [1.807, 2.05) is 4.90 Å². The van der Waals surface area contributed by atoms with Crippen molar-refractivity contribution in [3.8, 4) is 5.69 Å².